The second-order valence-electron chi connectivity index (χ2n) is 8.04. The van der Waals surface area contributed by atoms with Gasteiger partial charge in [0.2, 0.25) is 0 Å². The quantitative estimate of drug-likeness (QED) is 0.768. The van der Waals surface area contributed by atoms with Crippen LogP contribution in [0.2, 0.25) is 0 Å². The minimum absolute atomic E-state index is 0.0813. The molecule has 3 atom stereocenters. The summed E-state index contributed by atoms with van der Waals surface area (Å²) in [5.74, 6) is 0.686. The van der Waals surface area contributed by atoms with Gasteiger partial charge in [0.25, 0.3) is 0 Å². The van der Waals surface area contributed by atoms with Gasteiger partial charge in [0.15, 0.2) is 0 Å². The molecule has 0 bridgehead atoms. The Labute approximate surface area is 159 Å². The van der Waals surface area contributed by atoms with Crippen molar-refractivity contribution in [3.05, 3.63) is 36.9 Å². The zero-order chi connectivity index (χ0) is 18.2. The van der Waals surface area contributed by atoms with Crippen molar-refractivity contribution in [2.75, 3.05) is 13.2 Å². The molecule has 2 aliphatic heterocycles. The summed E-state index contributed by atoms with van der Waals surface area (Å²) in [7, 11) is 0. The zero-order valence-corrected chi connectivity index (χ0v) is 15.8. The van der Waals surface area contributed by atoms with Crippen LogP contribution >= 0.6 is 0 Å². The van der Waals surface area contributed by atoms with E-state index in [9.17, 15) is 0 Å². The third-order valence-electron chi connectivity index (χ3n) is 5.90. The van der Waals surface area contributed by atoms with E-state index in [0.29, 0.717) is 12.0 Å². The molecule has 0 radical (unpaired) electrons. The van der Waals surface area contributed by atoms with Crippen LogP contribution in [0.25, 0.3) is 22.2 Å². The highest BCUT2D eigenvalue weighted by Gasteiger charge is 2.21. The Balaban J connectivity index is 1.36. The van der Waals surface area contributed by atoms with Gasteiger partial charge in [0.05, 0.1) is 23.6 Å². The maximum absolute atomic E-state index is 5.84. The van der Waals surface area contributed by atoms with Crippen LogP contribution in [0.1, 0.15) is 38.8 Å². The van der Waals surface area contributed by atoms with Crippen LogP contribution in [0.15, 0.2) is 36.9 Å². The third-order valence-corrected chi connectivity index (χ3v) is 5.90. The predicted octanol–water partition coefficient (Wildman–Crippen LogP) is 3.60. The molecular formula is C21H27N5O. The van der Waals surface area contributed by atoms with Crippen LogP contribution < -0.4 is 5.32 Å². The lowest BCUT2D eigenvalue weighted by atomic mass is 10.1. The molecule has 2 saturated heterocycles. The first-order chi connectivity index (χ1) is 13.3. The number of nitrogens with one attached hydrogen (secondary N) is 1. The molecule has 0 saturated carbocycles. The fraction of sp³-hybridized carbons (Fsp3) is 0.524. The molecule has 2 aromatic heterocycles. The summed E-state index contributed by atoms with van der Waals surface area (Å²) in [5, 5.41) is 8.07. The molecule has 3 aromatic rings. The van der Waals surface area contributed by atoms with Crippen LogP contribution in [-0.2, 0) is 11.3 Å². The summed E-state index contributed by atoms with van der Waals surface area (Å²) in [6.45, 7) is 5.22. The predicted molar refractivity (Wildman–Crippen MR) is 105 cm³/mol. The fourth-order valence-corrected chi connectivity index (χ4v) is 4.42. The van der Waals surface area contributed by atoms with Crippen molar-refractivity contribution in [3.63, 3.8) is 0 Å². The molecular weight excluding hydrogens is 338 g/mol. The first-order valence-electron chi connectivity index (χ1n) is 10.1. The Bertz CT molecular complexity index is 924. The summed E-state index contributed by atoms with van der Waals surface area (Å²) in [6.07, 6.45) is 10.7. The van der Waals surface area contributed by atoms with Crippen molar-refractivity contribution in [2.24, 2.45) is 5.92 Å². The van der Waals surface area contributed by atoms with Gasteiger partial charge in [-0.2, -0.15) is 5.10 Å². The van der Waals surface area contributed by atoms with Crippen molar-refractivity contribution in [3.8, 4) is 11.1 Å². The highest BCUT2D eigenvalue weighted by atomic mass is 16.5. The minimum atomic E-state index is 0.0813. The maximum Gasteiger partial charge on any atom is 0.150 e. The van der Waals surface area contributed by atoms with Gasteiger partial charge in [-0.15, -0.1) is 0 Å². The Hall–Kier alpha value is -2.18. The summed E-state index contributed by atoms with van der Waals surface area (Å²) < 4.78 is 10.1. The molecule has 0 amide bonds. The topological polar surface area (TPSA) is 56.9 Å². The third kappa shape index (κ3) is 3.39. The molecule has 4 heterocycles. The minimum Gasteiger partial charge on any atom is -0.357 e. The summed E-state index contributed by atoms with van der Waals surface area (Å²) in [6, 6.07) is 7.17. The number of ether oxygens (including phenoxy) is 1. The van der Waals surface area contributed by atoms with E-state index in [1.807, 2.05) is 17.2 Å². The van der Waals surface area contributed by atoms with E-state index in [0.717, 1.165) is 49.2 Å². The number of nitrogens with zero attached hydrogens (tertiary/aromatic N) is 4. The lowest BCUT2D eigenvalue weighted by molar-refractivity contribution is -0.0394. The lowest BCUT2D eigenvalue weighted by Gasteiger charge is -2.22. The van der Waals surface area contributed by atoms with E-state index >= 15 is 0 Å². The maximum atomic E-state index is 5.84. The first kappa shape index (κ1) is 17.0. The number of benzene rings is 1. The van der Waals surface area contributed by atoms with Gasteiger partial charge in [-0.3, -0.25) is 0 Å². The number of imidazole rings is 1. The average Bonchev–Trinajstić information content (AvgIpc) is 3.43. The van der Waals surface area contributed by atoms with E-state index in [1.54, 1.807) is 0 Å². The molecule has 0 spiro atoms. The molecule has 1 unspecified atom stereocenters. The van der Waals surface area contributed by atoms with Gasteiger partial charge < -0.3 is 14.6 Å². The fourth-order valence-electron chi connectivity index (χ4n) is 4.42. The number of aromatic nitrogens is 4. The highest BCUT2D eigenvalue weighted by Crippen LogP contribution is 2.28. The largest absolute Gasteiger partial charge is 0.357 e. The second-order valence-corrected chi connectivity index (χ2v) is 8.04. The second kappa shape index (κ2) is 7.09. The van der Waals surface area contributed by atoms with E-state index in [-0.39, 0.29) is 6.23 Å². The monoisotopic (exact) mass is 365 g/mol. The zero-order valence-electron chi connectivity index (χ0n) is 15.8. The van der Waals surface area contributed by atoms with Crippen LogP contribution in [0.3, 0.4) is 0 Å². The van der Waals surface area contributed by atoms with Crippen molar-refractivity contribution >= 4 is 11.0 Å². The van der Waals surface area contributed by atoms with Crippen molar-refractivity contribution in [1.29, 1.82) is 0 Å². The Morgan fingerprint density at radius 2 is 2.22 bits per heavy atom. The molecule has 2 aliphatic rings. The van der Waals surface area contributed by atoms with Crippen LogP contribution in [0.5, 0.6) is 0 Å². The number of rotatable bonds is 4. The first-order valence-corrected chi connectivity index (χ1v) is 10.1. The Morgan fingerprint density at radius 3 is 3.04 bits per heavy atom. The number of hydrogen-bond acceptors (Lipinski definition) is 4. The van der Waals surface area contributed by atoms with Crippen LogP contribution in [0, 0.1) is 5.92 Å². The molecule has 27 heavy (non-hydrogen) atoms. The molecule has 2 fully saturated rings. The van der Waals surface area contributed by atoms with Gasteiger partial charge in [-0.05, 0) is 62.8 Å². The number of hydrogen-bond donors (Lipinski definition) is 1. The summed E-state index contributed by atoms with van der Waals surface area (Å²) >= 11 is 0. The van der Waals surface area contributed by atoms with Crippen LogP contribution in [-0.4, -0.2) is 38.5 Å². The normalized spacial score (nSPS) is 26.0. The van der Waals surface area contributed by atoms with Crippen molar-refractivity contribution < 1.29 is 4.74 Å². The smallest absolute Gasteiger partial charge is 0.150 e. The molecule has 1 N–H and O–H groups in total. The summed E-state index contributed by atoms with van der Waals surface area (Å²) in [4.78, 5) is 4.65. The van der Waals surface area contributed by atoms with Crippen LogP contribution in [0.4, 0.5) is 0 Å². The van der Waals surface area contributed by atoms with Gasteiger partial charge in [0.1, 0.15) is 6.23 Å². The standard InChI is InChI=1S/C21H27N5O/c1-15-8-16(10-22-15)12-25-14-23-19-9-17(5-6-20(19)25)18-11-24-26(13-18)21-4-2-3-7-27-21/h5-6,9,11,13-16,21-22H,2-4,7-8,10,12H2,1H3/t15-,16+,21?/m1/s1. The molecule has 142 valence electrons. The SMILES string of the molecule is C[C@@H]1C[C@H](Cn2cnc3cc(-c4cnn(C5CCCCO5)c4)ccc32)CN1. The number of fused-ring (bicyclic) bond motifs is 1. The summed E-state index contributed by atoms with van der Waals surface area (Å²) in [5.41, 5.74) is 4.54. The lowest BCUT2D eigenvalue weighted by Crippen LogP contribution is -2.18. The molecule has 6 nitrogen and oxygen atoms in total. The Morgan fingerprint density at radius 1 is 1.26 bits per heavy atom. The van der Waals surface area contributed by atoms with Crippen molar-refractivity contribution in [2.45, 2.75) is 51.4 Å². The van der Waals surface area contributed by atoms with Gasteiger partial charge in [0, 0.05) is 31.0 Å². The molecule has 5 rings (SSSR count). The van der Waals surface area contributed by atoms with Gasteiger partial charge in [-0.1, -0.05) is 6.07 Å². The Kier molecular flexibility index (Phi) is 4.45. The molecule has 0 aliphatic carbocycles. The molecule has 1 aromatic carbocycles. The van der Waals surface area contributed by atoms with Crippen molar-refractivity contribution in [1.82, 2.24) is 24.6 Å². The van der Waals surface area contributed by atoms with E-state index in [2.05, 4.69) is 51.3 Å². The van der Waals surface area contributed by atoms with E-state index < -0.39 is 0 Å². The van der Waals surface area contributed by atoms with E-state index in [1.165, 1.54) is 18.4 Å². The van der Waals surface area contributed by atoms with Gasteiger partial charge in [-0.25, -0.2) is 9.67 Å². The van der Waals surface area contributed by atoms with Gasteiger partial charge >= 0.3 is 0 Å². The average molecular weight is 365 g/mol. The molecule has 6 heteroatoms. The van der Waals surface area contributed by atoms with E-state index in [4.69, 9.17) is 4.74 Å². The highest BCUT2D eigenvalue weighted by molar-refractivity contribution is 5.81.